The Hall–Kier alpha value is -1.23. The monoisotopic (exact) mass is 239 g/mol. The molecule has 0 bridgehead atoms. The number of rotatable bonds is 6. The maximum absolute atomic E-state index is 11.0. The van der Waals surface area contributed by atoms with Gasteiger partial charge < -0.3 is 11.1 Å². The predicted molar refractivity (Wildman–Crippen MR) is 67.5 cm³/mol. The minimum absolute atomic E-state index is 0.327. The SMILES string of the molecule is CCSc1ccc(NC(CC)C(N)=O)cn1. The zero-order valence-electron chi connectivity index (χ0n) is 9.56. The van der Waals surface area contributed by atoms with E-state index < -0.39 is 0 Å². The van der Waals surface area contributed by atoms with E-state index in [0.29, 0.717) is 6.42 Å². The molecular weight excluding hydrogens is 222 g/mol. The van der Waals surface area contributed by atoms with Crippen molar-refractivity contribution in [2.24, 2.45) is 5.73 Å². The number of aromatic nitrogens is 1. The van der Waals surface area contributed by atoms with Gasteiger partial charge in [-0.3, -0.25) is 4.79 Å². The first kappa shape index (κ1) is 12.8. The number of amides is 1. The highest BCUT2D eigenvalue weighted by Crippen LogP contribution is 2.17. The van der Waals surface area contributed by atoms with E-state index in [4.69, 9.17) is 5.73 Å². The van der Waals surface area contributed by atoms with E-state index in [-0.39, 0.29) is 11.9 Å². The molecule has 0 aliphatic heterocycles. The quantitative estimate of drug-likeness (QED) is 0.744. The van der Waals surface area contributed by atoms with Crippen LogP contribution in [0.2, 0.25) is 0 Å². The van der Waals surface area contributed by atoms with E-state index in [9.17, 15) is 4.79 Å². The van der Waals surface area contributed by atoms with Crippen molar-refractivity contribution < 1.29 is 4.79 Å². The van der Waals surface area contributed by atoms with Gasteiger partial charge in [0.25, 0.3) is 0 Å². The molecule has 1 amide bonds. The number of nitrogens with two attached hydrogens (primary N) is 1. The first-order valence-corrected chi connectivity index (χ1v) is 6.30. The largest absolute Gasteiger partial charge is 0.372 e. The van der Waals surface area contributed by atoms with E-state index in [2.05, 4.69) is 17.2 Å². The van der Waals surface area contributed by atoms with Crippen LogP contribution in [0.1, 0.15) is 20.3 Å². The van der Waals surface area contributed by atoms with Crippen molar-refractivity contribution in [1.29, 1.82) is 0 Å². The van der Waals surface area contributed by atoms with Crippen LogP contribution in [-0.4, -0.2) is 22.7 Å². The molecule has 5 heteroatoms. The number of nitrogens with one attached hydrogen (secondary N) is 1. The number of hydrogen-bond donors (Lipinski definition) is 2. The molecule has 1 aromatic heterocycles. The van der Waals surface area contributed by atoms with Gasteiger partial charge in [0.1, 0.15) is 6.04 Å². The van der Waals surface area contributed by atoms with Crippen molar-refractivity contribution in [1.82, 2.24) is 4.98 Å². The van der Waals surface area contributed by atoms with Gasteiger partial charge in [0, 0.05) is 0 Å². The molecule has 0 spiro atoms. The Kier molecular flexibility index (Phi) is 5.11. The standard InChI is InChI=1S/C11H17N3OS/c1-3-9(11(12)15)14-8-5-6-10(13-7-8)16-4-2/h5-7,9,14H,3-4H2,1-2H3,(H2,12,15). The van der Waals surface area contributed by atoms with Gasteiger partial charge >= 0.3 is 0 Å². The molecule has 88 valence electrons. The number of hydrogen-bond acceptors (Lipinski definition) is 4. The molecular formula is C11H17N3OS. The van der Waals surface area contributed by atoms with Crippen molar-refractivity contribution in [2.45, 2.75) is 31.3 Å². The Balaban J connectivity index is 2.63. The van der Waals surface area contributed by atoms with Crippen LogP contribution in [0.15, 0.2) is 23.4 Å². The van der Waals surface area contributed by atoms with Gasteiger partial charge in [0.15, 0.2) is 0 Å². The van der Waals surface area contributed by atoms with Gasteiger partial charge in [-0.25, -0.2) is 4.98 Å². The highest BCUT2D eigenvalue weighted by atomic mass is 32.2. The molecule has 0 saturated heterocycles. The lowest BCUT2D eigenvalue weighted by Gasteiger charge is -2.14. The van der Waals surface area contributed by atoms with Crippen molar-refractivity contribution in [3.8, 4) is 0 Å². The summed E-state index contributed by atoms with van der Waals surface area (Å²) in [5.41, 5.74) is 6.07. The first-order chi connectivity index (χ1) is 7.67. The molecule has 1 rings (SSSR count). The molecule has 4 nitrogen and oxygen atoms in total. The Morgan fingerprint density at radius 3 is 2.75 bits per heavy atom. The Bertz CT molecular complexity index is 340. The fourth-order valence-corrected chi connectivity index (χ4v) is 1.86. The minimum Gasteiger partial charge on any atom is -0.372 e. The second-order valence-electron chi connectivity index (χ2n) is 3.33. The molecule has 0 aliphatic carbocycles. The van der Waals surface area contributed by atoms with Crippen LogP contribution >= 0.6 is 11.8 Å². The highest BCUT2D eigenvalue weighted by Gasteiger charge is 2.11. The van der Waals surface area contributed by atoms with Crippen LogP contribution in [0.5, 0.6) is 0 Å². The number of carbonyl (C=O) groups excluding carboxylic acids is 1. The summed E-state index contributed by atoms with van der Waals surface area (Å²) in [7, 11) is 0. The number of primary amides is 1. The third-order valence-corrected chi connectivity index (χ3v) is 2.95. The van der Waals surface area contributed by atoms with Gasteiger partial charge in [-0.2, -0.15) is 0 Å². The third-order valence-electron chi connectivity index (χ3n) is 2.12. The van der Waals surface area contributed by atoms with Crippen LogP contribution in [0.4, 0.5) is 5.69 Å². The maximum atomic E-state index is 11.0. The lowest BCUT2D eigenvalue weighted by atomic mass is 10.2. The molecule has 1 heterocycles. The van der Waals surface area contributed by atoms with Crippen molar-refractivity contribution >= 4 is 23.4 Å². The molecule has 0 fully saturated rings. The van der Waals surface area contributed by atoms with Crippen LogP contribution < -0.4 is 11.1 Å². The smallest absolute Gasteiger partial charge is 0.239 e. The fraction of sp³-hybridized carbons (Fsp3) is 0.455. The molecule has 0 saturated carbocycles. The molecule has 16 heavy (non-hydrogen) atoms. The summed E-state index contributed by atoms with van der Waals surface area (Å²) in [5.74, 6) is 0.660. The summed E-state index contributed by atoms with van der Waals surface area (Å²) < 4.78 is 0. The molecule has 1 unspecified atom stereocenters. The van der Waals surface area contributed by atoms with E-state index in [1.54, 1.807) is 18.0 Å². The van der Waals surface area contributed by atoms with Gasteiger partial charge in [-0.15, -0.1) is 11.8 Å². The Labute approximate surface area is 100 Å². The van der Waals surface area contributed by atoms with Gasteiger partial charge in [0.2, 0.25) is 5.91 Å². The van der Waals surface area contributed by atoms with Crippen molar-refractivity contribution in [3.05, 3.63) is 18.3 Å². The summed E-state index contributed by atoms with van der Waals surface area (Å²) in [6.07, 6.45) is 2.39. The van der Waals surface area contributed by atoms with Crippen LogP contribution in [0.3, 0.4) is 0 Å². The van der Waals surface area contributed by atoms with Crippen LogP contribution in [-0.2, 0) is 4.79 Å². The highest BCUT2D eigenvalue weighted by molar-refractivity contribution is 7.99. The number of thioether (sulfide) groups is 1. The predicted octanol–water partition coefficient (Wildman–Crippen LogP) is 1.87. The Morgan fingerprint density at radius 2 is 2.31 bits per heavy atom. The van der Waals surface area contributed by atoms with Crippen LogP contribution in [0, 0.1) is 0 Å². The second-order valence-corrected chi connectivity index (χ2v) is 4.61. The summed E-state index contributed by atoms with van der Waals surface area (Å²) >= 11 is 1.68. The summed E-state index contributed by atoms with van der Waals surface area (Å²) in [6, 6.07) is 3.52. The maximum Gasteiger partial charge on any atom is 0.239 e. The van der Waals surface area contributed by atoms with E-state index in [1.165, 1.54) is 0 Å². The van der Waals surface area contributed by atoms with Gasteiger partial charge in [-0.05, 0) is 24.3 Å². The number of pyridine rings is 1. The zero-order chi connectivity index (χ0) is 12.0. The molecule has 0 aliphatic rings. The first-order valence-electron chi connectivity index (χ1n) is 5.32. The molecule has 3 N–H and O–H groups in total. The lowest BCUT2D eigenvalue weighted by molar-refractivity contribution is -0.118. The average Bonchev–Trinajstić information content (AvgIpc) is 2.28. The number of anilines is 1. The minimum atomic E-state index is -0.338. The van der Waals surface area contributed by atoms with Gasteiger partial charge in [-0.1, -0.05) is 13.8 Å². The molecule has 1 atom stereocenters. The average molecular weight is 239 g/mol. The van der Waals surface area contributed by atoms with E-state index >= 15 is 0 Å². The summed E-state index contributed by atoms with van der Waals surface area (Å²) in [4.78, 5) is 15.3. The number of nitrogens with zero attached hydrogens (tertiary/aromatic N) is 1. The summed E-state index contributed by atoms with van der Waals surface area (Å²) in [6.45, 7) is 4.00. The molecule has 0 aromatic carbocycles. The Morgan fingerprint density at radius 1 is 1.56 bits per heavy atom. The van der Waals surface area contributed by atoms with E-state index in [1.807, 2.05) is 19.1 Å². The molecule has 1 aromatic rings. The number of carbonyl (C=O) groups is 1. The van der Waals surface area contributed by atoms with E-state index in [0.717, 1.165) is 16.5 Å². The van der Waals surface area contributed by atoms with Crippen LogP contribution in [0.25, 0.3) is 0 Å². The topological polar surface area (TPSA) is 68.0 Å². The zero-order valence-corrected chi connectivity index (χ0v) is 10.4. The normalized spacial score (nSPS) is 12.1. The lowest BCUT2D eigenvalue weighted by Crippen LogP contribution is -2.34. The fourth-order valence-electron chi connectivity index (χ4n) is 1.27. The summed E-state index contributed by atoms with van der Waals surface area (Å²) in [5, 5.41) is 4.04. The van der Waals surface area contributed by atoms with Crippen molar-refractivity contribution in [2.75, 3.05) is 11.1 Å². The van der Waals surface area contributed by atoms with Crippen molar-refractivity contribution in [3.63, 3.8) is 0 Å². The second kappa shape index (κ2) is 6.37. The molecule has 0 radical (unpaired) electrons. The van der Waals surface area contributed by atoms with Gasteiger partial charge in [0.05, 0.1) is 16.9 Å². The third kappa shape index (κ3) is 3.73.